The summed E-state index contributed by atoms with van der Waals surface area (Å²) in [6.45, 7) is 2.26. The van der Waals surface area contributed by atoms with Gasteiger partial charge in [-0.1, -0.05) is 52.1 Å². The maximum absolute atomic E-state index is 2.41. The van der Waals surface area contributed by atoms with Crippen LogP contribution in [-0.4, -0.2) is 8.86 Å². The lowest BCUT2D eigenvalue weighted by Gasteiger charge is -1.96. The van der Waals surface area contributed by atoms with E-state index in [4.69, 9.17) is 0 Å². The average Bonchev–Trinajstić information content (AvgIpc) is 1.65. The van der Waals surface area contributed by atoms with Crippen LogP contribution < -0.4 is 0 Å². The predicted molar refractivity (Wildman–Crippen MR) is 46.9 cm³/mol. The van der Waals surface area contributed by atoms with Crippen molar-refractivity contribution in [1.82, 2.24) is 0 Å². The van der Waals surface area contributed by atoms with Crippen LogP contribution in [0.15, 0.2) is 0 Å². The van der Waals surface area contributed by atoms with Gasteiger partial charge in [-0.15, -0.1) is 0 Å². The molecule has 0 atom stereocenters. The van der Waals surface area contributed by atoms with E-state index >= 15 is 0 Å². The van der Waals surface area contributed by atoms with Gasteiger partial charge in [-0.05, 0) is 5.92 Å². The van der Waals surface area contributed by atoms with Gasteiger partial charge in [-0.2, -0.15) is 0 Å². The normalized spacial score (nSPS) is 10.0. The van der Waals surface area contributed by atoms with Crippen LogP contribution in [0, 0.1) is 5.92 Å². The van der Waals surface area contributed by atoms with Crippen LogP contribution in [-0.2, 0) is 0 Å². The van der Waals surface area contributed by atoms with Crippen LogP contribution in [0.4, 0.5) is 0 Å². The fourth-order valence-electron chi connectivity index (χ4n) is 0.0412. The first kappa shape index (κ1) is 7.46. The van der Waals surface area contributed by atoms with E-state index in [0.29, 0.717) is 0 Å². The van der Waals surface area contributed by atoms with Gasteiger partial charge in [0.05, 0.1) is 0 Å². The first-order chi connectivity index (χ1) is 2.81. The Morgan fingerprint density at radius 2 is 1.67 bits per heavy atom. The minimum atomic E-state index is 0.909. The highest BCUT2D eigenvalue weighted by Gasteiger charge is 1.91. The van der Waals surface area contributed by atoms with Crippen molar-refractivity contribution in [3.8, 4) is 0 Å². The molecule has 0 N–H and O–H groups in total. The smallest absolute Gasteiger partial charge is 0.00283 e. The predicted octanol–water partition coefficient (Wildman–Crippen LogP) is 2.49. The van der Waals surface area contributed by atoms with Crippen LogP contribution in [0.5, 0.6) is 0 Å². The third-order valence-electron chi connectivity index (χ3n) is 0.527. The summed E-state index contributed by atoms with van der Waals surface area (Å²) in [5.41, 5.74) is 0. The van der Waals surface area contributed by atoms with Crippen molar-refractivity contribution in [2.75, 3.05) is 8.86 Å². The third kappa shape index (κ3) is 3.64. The Labute approximate surface area is 66.4 Å². The zero-order valence-corrected chi connectivity index (χ0v) is 8.06. The fraction of sp³-hybridized carbons (Fsp3) is 1.00. The minimum absolute atomic E-state index is 0.909. The van der Waals surface area contributed by atoms with Gasteiger partial charge in [0.25, 0.3) is 0 Å². The number of halogens is 2. The molecule has 0 aromatic rings. The van der Waals surface area contributed by atoms with Crippen LogP contribution in [0.2, 0.25) is 0 Å². The summed E-state index contributed by atoms with van der Waals surface area (Å²) in [6.07, 6.45) is 0. The molecular weight excluding hydrogens is 302 g/mol. The molecular formula is C4H8I2. The molecule has 0 fully saturated rings. The summed E-state index contributed by atoms with van der Waals surface area (Å²) in [6, 6.07) is 0. The van der Waals surface area contributed by atoms with Gasteiger partial charge >= 0.3 is 0 Å². The molecule has 0 aromatic carbocycles. The second kappa shape index (κ2) is 4.61. The summed E-state index contributed by atoms with van der Waals surface area (Å²) in [7, 11) is 0. The summed E-state index contributed by atoms with van der Waals surface area (Å²) >= 11 is 4.82. The second-order valence-electron chi connectivity index (χ2n) is 1.41. The second-order valence-corrected chi connectivity index (χ2v) is 3.18. The Morgan fingerprint density at radius 1 is 1.33 bits per heavy atom. The van der Waals surface area contributed by atoms with Gasteiger partial charge in [-0.3, -0.25) is 0 Å². The van der Waals surface area contributed by atoms with Crippen molar-refractivity contribution in [2.45, 2.75) is 6.92 Å². The fourth-order valence-corrected chi connectivity index (χ4v) is 1.86. The minimum Gasteiger partial charge on any atom is -0.0861 e. The maximum Gasteiger partial charge on any atom is 0.00283 e. The molecule has 0 aliphatic rings. The highest BCUT2D eigenvalue weighted by molar-refractivity contribution is 14.1. The zero-order valence-electron chi connectivity index (χ0n) is 3.75. The van der Waals surface area contributed by atoms with Gasteiger partial charge in [0.2, 0.25) is 0 Å². The molecule has 0 rings (SSSR count). The molecule has 0 heterocycles. The van der Waals surface area contributed by atoms with E-state index in [9.17, 15) is 0 Å². The third-order valence-corrected chi connectivity index (χ3v) is 3.53. The molecule has 0 bridgehead atoms. The summed E-state index contributed by atoms with van der Waals surface area (Å²) in [4.78, 5) is 0. The average molecular weight is 310 g/mol. The standard InChI is InChI=1S/C4H8I2/c1-4(2-5)3-6/h4H,2-3H2,1H3. The van der Waals surface area contributed by atoms with Crippen molar-refractivity contribution >= 4 is 45.2 Å². The van der Waals surface area contributed by atoms with Crippen molar-refractivity contribution < 1.29 is 0 Å². The van der Waals surface area contributed by atoms with Crippen molar-refractivity contribution in [2.24, 2.45) is 5.92 Å². The molecule has 0 amide bonds. The largest absolute Gasteiger partial charge is 0.0861 e. The maximum atomic E-state index is 2.41. The Hall–Kier alpha value is 1.46. The summed E-state index contributed by atoms with van der Waals surface area (Å²) < 4.78 is 2.58. The number of hydrogen-bond acceptors (Lipinski definition) is 0. The van der Waals surface area contributed by atoms with Gasteiger partial charge in [0.15, 0.2) is 0 Å². The SMILES string of the molecule is CC(CI)CI. The molecule has 0 aromatic heterocycles. The zero-order chi connectivity index (χ0) is 4.99. The van der Waals surface area contributed by atoms with E-state index in [1.807, 2.05) is 0 Å². The monoisotopic (exact) mass is 310 g/mol. The van der Waals surface area contributed by atoms with Gasteiger partial charge in [-0.25, -0.2) is 0 Å². The van der Waals surface area contributed by atoms with Crippen molar-refractivity contribution in [1.29, 1.82) is 0 Å². The molecule has 0 unspecified atom stereocenters. The molecule has 0 spiro atoms. The Kier molecular flexibility index (Phi) is 5.74. The van der Waals surface area contributed by atoms with E-state index in [1.165, 1.54) is 8.86 Å². The molecule has 0 aliphatic heterocycles. The van der Waals surface area contributed by atoms with Gasteiger partial charge < -0.3 is 0 Å². The van der Waals surface area contributed by atoms with E-state index in [0.717, 1.165) is 5.92 Å². The lowest BCUT2D eigenvalue weighted by molar-refractivity contribution is 0.791. The number of alkyl halides is 2. The quantitative estimate of drug-likeness (QED) is 0.543. The lowest BCUT2D eigenvalue weighted by atomic mass is 10.3. The van der Waals surface area contributed by atoms with Crippen LogP contribution >= 0.6 is 45.2 Å². The van der Waals surface area contributed by atoms with Crippen molar-refractivity contribution in [3.63, 3.8) is 0 Å². The highest BCUT2D eigenvalue weighted by Crippen LogP contribution is 2.02. The van der Waals surface area contributed by atoms with Gasteiger partial charge in [0.1, 0.15) is 0 Å². The Morgan fingerprint density at radius 3 is 1.67 bits per heavy atom. The molecule has 0 aliphatic carbocycles. The Balaban J connectivity index is 2.75. The van der Waals surface area contributed by atoms with E-state index in [1.54, 1.807) is 0 Å². The highest BCUT2D eigenvalue weighted by atomic mass is 127. The number of rotatable bonds is 2. The molecule has 2 heteroatoms. The Bertz CT molecular complexity index is 24.7. The van der Waals surface area contributed by atoms with Crippen LogP contribution in [0.1, 0.15) is 6.92 Å². The lowest BCUT2D eigenvalue weighted by Crippen LogP contribution is -1.93. The van der Waals surface area contributed by atoms with Crippen LogP contribution in [0.3, 0.4) is 0 Å². The first-order valence-corrected chi connectivity index (χ1v) is 4.98. The first-order valence-electron chi connectivity index (χ1n) is 1.93. The van der Waals surface area contributed by atoms with Crippen LogP contribution in [0.25, 0.3) is 0 Å². The van der Waals surface area contributed by atoms with E-state index in [-0.39, 0.29) is 0 Å². The van der Waals surface area contributed by atoms with E-state index in [2.05, 4.69) is 52.1 Å². The molecule has 38 valence electrons. The van der Waals surface area contributed by atoms with Crippen molar-refractivity contribution in [3.05, 3.63) is 0 Å². The molecule has 6 heavy (non-hydrogen) atoms. The summed E-state index contributed by atoms with van der Waals surface area (Å²) in [5, 5.41) is 0. The molecule has 0 radical (unpaired) electrons. The van der Waals surface area contributed by atoms with Gasteiger partial charge in [0, 0.05) is 8.86 Å². The molecule has 0 saturated heterocycles. The number of hydrogen-bond donors (Lipinski definition) is 0. The summed E-state index contributed by atoms with van der Waals surface area (Å²) in [5.74, 6) is 0.909. The molecule has 0 nitrogen and oxygen atoms in total. The topological polar surface area (TPSA) is 0 Å². The molecule has 0 saturated carbocycles. The van der Waals surface area contributed by atoms with E-state index < -0.39 is 0 Å².